The first-order valence-corrected chi connectivity index (χ1v) is 32.3. The van der Waals surface area contributed by atoms with Gasteiger partial charge in [0.15, 0.2) is 0 Å². The number of benzene rings is 5. The van der Waals surface area contributed by atoms with Gasteiger partial charge in [0.2, 0.25) is 5.88 Å². The Morgan fingerprint density at radius 3 is 1.10 bits per heavy atom. The third-order valence-corrected chi connectivity index (χ3v) is 16.2. The van der Waals surface area contributed by atoms with E-state index in [0.29, 0.717) is 111 Å². The highest BCUT2D eigenvalue weighted by atomic mass is 16.6. The third-order valence-electron chi connectivity index (χ3n) is 16.2. The summed E-state index contributed by atoms with van der Waals surface area (Å²) in [6.45, 7) is 14.3. The highest BCUT2D eigenvalue weighted by Crippen LogP contribution is 2.37. The highest BCUT2D eigenvalue weighted by molar-refractivity contribution is 6.11. The maximum absolute atomic E-state index is 14.0. The Morgan fingerprint density at radius 1 is 0.374 bits per heavy atom. The maximum atomic E-state index is 14.0. The molecule has 0 aliphatic heterocycles. The molecule has 91 heavy (non-hydrogen) atoms. The molecule has 0 bridgehead atoms. The zero-order chi connectivity index (χ0) is 63.8. The van der Waals surface area contributed by atoms with Crippen molar-refractivity contribution in [1.29, 1.82) is 0 Å². The molecule has 2 saturated carbocycles. The number of nitrogens with zero attached hydrogens (tertiary/aromatic N) is 1. The van der Waals surface area contributed by atoms with Crippen molar-refractivity contribution in [1.82, 2.24) is 4.98 Å². The van der Waals surface area contributed by atoms with Gasteiger partial charge in [-0.2, -0.15) is 0 Å². The van der Waals surface area contributed by atoms with Crippen molar-refractivity contribution < 1.29 is 76.1 Å². The molecule has 484 valence electrons. The van der Waals surface area contributed by atoms with Gasteiger partial charge in [0.05, 0.1) is 69.5 Å². The van der Waals surface area contributed by atoms with Crippen LogP contribution >= 0.6 is 0 Å². The van der Waals surface area contributed by atoms with Crippen LogP contribution in [0.4, 0.5) is 0 Å². The Balaban J connectivity index is 0.823. The van der Waals surface area contributed by atoms with Crippen molar-refractivity contribution in [2.45, 2.75) is 141 Å². The zero-order valence-electron chi connectivity index (χ0n) is 52.3. The predicted molar refractivity (Wildman–Crippen MR) is 347 cm³/mol. The molecule has 6 aromatic rings. The topological polar surface area (TPSA) is 200 Å². The molecule has 2 aliphatic rings. The van der Waals surface area contributed by atoms with Crippen LogP contribution in [0.15, 0.2) is 147 Å². The van der Waals surface area contributed by atoms with Crippen molar-refractivity contribution in [2.75, 3.05) is 52.9 Å². The number of hydrogen-bond donors (Lipinski definition) is 0. The maximum Gasteiger partial charge on any atom is 0.338 e. The van der Waals surface area contributed by atoms with Crippen LogP contribution in [0.1, 0.15) is 149 Å². The average Bonchev–Trinajstić information content (AvgIpc) is 0.775. The van der Waals surface area contributed by atoms with E-state index in [9.17, 15) is 24.0 Å². The number of hydrogen-bond acceptors (Lipinski definition) is 17. The van der Waals surface area contributed by atoms with E-state index in [2.05, 4.69) is 19.7 Å². The predicted octanol–water partition coefficient (Wildman–Crippen LogP) is 15.8. The standard InChI is InChI=1S/C74H87NO16/c1-4-69(76)84-46-16-10-7-13-43-81-57-29-33-60(34-30-57)87-51-53-19-25-63(26-20-53)90-73(79)55-23-41-65-66-42-24-56(50-68(66)75-72(67(65)49-55)89-62-39-37-59(38-40-62)83-45-15-9-12-18-48-86-71(78)6-3)74(80)91-64-27-21-54(22-28-64)52-88-61-35-31-58(32-36-61)82-44-14-8-11-17-47-85-70(77)5-2/h4-6,23-24,29-42,49-50,53-54,63-64H,1-3,7-22,25-28,43-48,51-52H2. The fourth-order valence-electron chi connectivity index (χ4n) is 10.9. The van der Waals surface area contributed by atoms with E-state index in [1.54, 1.807) is 36.4 Å². The molecular weight excluding hydrogens is 1160 g/mol. The van der Waals surface area contributed by atoms with Gasteiger partial charge < -0.3 is 52.1 Å². The van der Waals surface area contributed by atoms with E-state index in [1.165, 1.54) is 12.2 Å². The Kier molecular flexibility index (Phi) is 27.9. The van der Waals surface area contributed by atoms with Gasteiger partial charge in [-0.1, -0.05) is 31.9 Å². The summed E-state index contributed by atoms with van der Waals surface area (Å²) in [4.78, 5) is 66.4. The van der Waals surface area contributed by atoms with Crippen molar-refractivity contribution in [3.05, 3.63) is 158 Å². The molecule has 1 heterocycles. The number of rotatable bonds is 39. The van der Waals surface area contributed by atoms with Gasteiger partial charge in [-0.3, -0.25) is 0 Å². The molecule has 5 aromatic carbocycles. The molecule has 0 N–H and O–H groups in total. The van der Waals surface area contributed by atoms with Crippen LogP contribution < -0.4 is 28.4 Å². The van der Waals surface area contributed by atoms with E-state index in [0.717, 1.165) is 155 Å². The molecular formula is C74H87NO16. The van der Waals surface area contributed by atoms with E-state index in [-0.39, 0.29) is 18.1 Å². The lowest BCUT2D eigenvalue weighted by Crippen LogP contribution is -2.27. The van der Waals surface area contributed by atoms with Crippen LogP contribution in [0, 0.1) is 11.8 Å². The Labute approximate surface area is 534 Å². The van der Waals surface area contributed by atoms with Gasteiger partial charge >= 0.3 is 29.8 Å². The molecule has 0 spiro atoms. The molecule has 2 aliphatic carbocycles. The van der Waals surface area contributed by atoms with Crippen LogP contribution in [0.25, 0.3) is 21.7 Å². The summed E-state index contributed by atoms with van der Waals surface area (Å²) in [6, 6.07) is 33.4. The first kappa shape index (κ1) is 68.1. The summed E-state index contributed by atoms with van der Waals surface area (Å²) in [5.74, 6) is 3.13. The van der Waals surface area contributed by atoms with Crippen LogP contribution in [-0.2, 0) is 38.1 Å². The number of aromatic nitrogens is 1. The van der Waals surface area contributed by atoms with Crippen molar-refractivity contribution >= 4 is 51.5 Å². The Morgan fingerprint density at radius 2 is 0.714 bits per heavy atom. The number of pyridine rings is 1. The molecule has 0 atom stereocenters. The van der Waals surface area contributed by atoms with Crippen LogP contribution in [0.2, 0.25) is 0 Å². The monoisotopic (exact) mass is 1250 g/mol. The second-order valence-electron chi connectivity index (χ2n) is 23.0. The zero-order valence-corrected chi connectivity index (χ0v) is 52.3. The van der Waals surface area contributed by atoms with Gasteiger partial charge in [-0.25, -0.2) is 29.0 Å². The Bertz CT molecular complexity index is 3290. The number of carbonyl (C=O) groups is 5. The number of carbonyl (C=O) groups excluding carboxylic acids is 5. The fraction of sp³-hybridized carbons (Fsp3) is 0.432. The van der Waals surface area contributed by atoms with Crippen molar-refractivity contribution in [3.8, 4) is 40.4 Å². The quantitative estimate of drug-likeness (QED) is 0.0116. The van der Waals surface area contributed by atoms with Crippen LogP contribution in [0.3, 0.4) is 0 Å². The minimum Gasteiger partial charge on any atom is -0.494 e. The minimum absolute atomic E-state index is 0.233. The molecule has 2 fully saturated rings. The second-order valence-corrected chi connectivity index (χ2v) is 23.0. The normalized spacial score (nSPS) is 16.1. The van der Waals surface area contributed by atoms with Gasteiger partial charge in [-0.15, -0.1) is 0 Å². The van der Waals surface area contributed by atoms with E-state index < -0.39 is 29.8 Å². The molecule has 8 rings (SSSR count). The fourth-order valence-corrected chi connectivity index (χ4v) is 10.9. The summed E-state index contributed by atoms with van der Waals surface area (Å²) in [5, 5.41) is 2.15. The Hall–Kier alpha value is -8.86. The van der Waals surface area contributed by atoms with Gasteiger partial charge in [0.25, 0.3) is 0 Å². The van der Waals surface area contributed by atoms with Crippen molar-refractivity contribution in [2.24, 2.45) is 11.8 Å². The molecule has 1 aromatic heterocycles. The lowest BCUT2D eigenvalue weighted by Gasteiger charge is -2.28. The van der Waals surface area contributed by atoms with E-state index in [1.807, 2.05) is 72.8 Å². The first-order valence-electron chi connectivity index (χ1n) is 32.3. The average molecular weight is 1250 g/mol. The molecule has 0 unspecified atom stereocenters. The lowest BCUT2D eigenvalue weighted by molar-refractivity contribution is -0.138. The van der Waals surface area contributed by atoms with Crippen molar-refractivity contribution in [3.63, 3.8) is 0 Å². The van der Waals surface area contributed by atoms with Crippen LogP contribution in [-0.4, -0.2) is 99.9 Å². The van der Waals surface area contributed by atoms with Gasteiger partial charge in [0.1, 0.15) is 46.7 Å². The third kappa shape index (κ3) is 23.2. The lowest BCUT2D eigenvalue weighted by atomic mass is 9.88. The number of esters is 5. The summed E-state index contributed by atoms with van der Waals surface area (Å²) in [5.41, 5.74) is 1.26. The first-order chi connectivity index (χ1) is 44.5. The smallest absolute Gasteiger partial charge is 0.338 e. The van der Waals surface area contributed by atoms with Gasteiger partial charge in [-0.05, 0) is 243 Å². The molecule has 17 nitrogen and oxygen atoms in total. The summed E-state index contributed by atoms with van der Waals surface area (Å²) in [6.07, 6.45) is 20.1. The summed E-state index contributed by atoms with van der Waals surface area (Å²) in [7, 11) is 0. The summed E-state index contributed by atoms with van der Waals surface area (Å²) >= 11 is 0. The van der Waals surface area contributed by atoms with E-state index in [4.69, 9.17) is 57.1 Å². The minimum atomic E-state index is -0.432. The molecule has 0 saturated heterocycles. The SMILES string of the molecule is C=CC(=O)OCCCCCCOc1ccc(OCC2CCC(OC(=O)c3ccc4c(c3)nc(Oc3ccc(OCCCCCCOC(=O)C=C)cc3)c3cc(C(=O)OC5CCC(COc6ccc(OCCCCCCOC(=O)C=C)cc6)CC5)ccc34)CC2)cc1. The number of unbranched alkanes of at least 4 members (excludes halogenated alkanes) is 9. The number of fused-ring (bicyclic) bond motifs is 3. The van der Waals surface area contributed by atoms with Crippen LogP contribution in [0.5, 0.6) is 40.4 Å². The van der Waals surface area contributed by atoms with Gasteiger partial charge in [0, 0.05) is 29.0 Å². The molecule has 0 amide bonds. The molecule has 0 radical (unpaired) electrons. The summed E-state index contributed by atoms with van der Waals surface area (Å²) < 4.78 is 64.1. The number of ether oxygens (including phenoxy) is 11. The second kappa shape index (κ2) is 37.3. The largest absolute Gasteiger partial charge is 0.494 e. The molecule has 17 heteroatoms. The van der Waals surface area contributed by atoms with E-state index >= 15 is 0 Å². The highest BCUT2D eigenvalue weighted by Gasteiger charge is 2.28.